The van der Waals surface area contributed by atoms with E-state index in [1.165, 1.54) is 11.8 Å². The van der Waals surface area contributed by atoms with Crippen molar-refractivity contribution in [3.05, 3.63) is 54.6 Å². The van der Waals surface area contributed by atoms with Crippen molar-refractivity contribution in [2.75, 3.05) is 18.9 Å². The molecule has 0 bridgehead atoms. The van der Waals surface area contributed by atoms with Gasteiger partial charge in [-0.25, -0.2) is 0 Å². The molecule has 4 nitrogen and oxygen atoms in total. The van der Waals surface area contributed by atoms with Gasteiger partial charge in [-0.05, 0) is 24.3 Å². The molecule has 0 spiro atoms. The van der Waals surface area contributed by atoms with Gasteiger partial charge in [0.15, 0.2) is 11.5 Å². The Labute approximate surface area is 133 Å². The maximum absolute atomic E-state index is 11.9. The summed E-state index contributed by atoms with van der Waals surface area (Å²) in [6.45, 7) is 0.894. The standard InChI is InChI=1S/C17H17NO3S/c19-17(12-22-14-6-2-1-3-7-14)18-10-13-11-20-15-8-4-5-9-16(15)21-13/h1-9,13H,10-12H2,(H,18,19)/t13-/m0/s1. The van der Waals surface area contributed by atoms with E-state index in [0.717, 1.165) is 16.4 Å². The fourth-order valence-electron chi connectivity index (χ4n) is 2.11. The van der Waals surface area contributed by atoms with Crippen molar-refractivity contribution in [1.29, 1.82) is 0 Å². The van der Waals surface area contributed by atoms with Gasteiger partial charge in [-0.3, -0.25) is 4.79 Å². The lowest BCUT2D eigenvalue weighted by Gasteiger charge is -2.26. The summed E-state index contributed by atoms with van der Waals surface area (Å²) in [6.07, 6.45) is -0.152. The van der Waals surface area contributed by atoms with E-state index in [-0.39, 0.29) is 12.0 Å². The number of thioether (sulfide) groups is 1. The van der Waals surface area contributed by atoms with E-state index < -0.39 is 0 Å². The molecule has 2 aromatic rings. The van der Waals surface area contributed by atoms with Crippen molar-refractivity contribution in [2.24, 2.45) is 0 Å². The molecular weight excluding hydrogens is 298 g/mol. The topological polar surface area (TPSA) is 47.6 Å². The van der Waals surface area contributed by atoms with Crippen LogP contribution in [0.25, 0.3) is 0 Å². The SMILES string of the molecule is O=C(CSc1ccccc1)NC[C@H]1COc2ccccc2O1. The number of amides is 1. The van der Waals surface area contributed by atoms with Crippen molar-refractivity contribution < 1.29 is 14.3 Å². The van der Waals surface area contributed by atoms with Crippen molar-refractivity contribution in [2.45, 2.75) is 11.0 Å². The monoisotopic (exact) mass is 315 g/mol. The molecule has 0 aromatic heterocycles. The Bertz CT molecular complexity index is 633. The van der Waals surface area contributed by atoms with Gasteiger partial charge < -0.3 is 14.8 Å². The summed E-state index contributed by atoms with van der Waals surface area (Å²) in [4.78, 5) is 13.0. The first-order chi connectivity index (χ1) is 10.8. The van der Waals surface area contributed by atoms with E-state index >= 15 is 0 Å². The first kappa shape index (κ1) is 14.8. The molecule has 0 fully saturated rings. The fourth-order valence-corrected chi connectivity index (χ4v) is 2.86. The molecule has 1 atom stereocenters. The van der Waals surface area contributed by atoms with Crippen LogP contribution in [0.1, 0.15) is 0 Å². The third-order valence-electron chi connectivity index (χ3n) is 3.21. The summed E-state index contributed by atoms with van der Waals surface area (Å²) in [5, 5.41) is 2.89. The van der Waals surface area contributed by atoms with Crippen molar-refractivity contribution in [1.82, 2.24) is 5.32 Å². The van der Waals surface area contributed by atoms with Crippen molar-refractivity contribution in [3.8, 4) is 11.5 Å². The average Bonchev–Trinajstić information content (AvgIpc) is 2.59. The van der Waals surface area contributed by atoms with Gasteiger partial charge in [0, 0.05) is 4.90 Å². The zero-order valence-corrected chi connectivity index (χ0v) is 12.8. The summed E-state index contributed by atoms with van der Waals surface area (Å²) in [5.74, 6) is 1.88. The molecule has 1 N–H and O–H groups in total. The highest BCUT2D eigenvalue weighted by atomic mass is 32.2. The second kappa shape index (κ2) is 7.22. The van der Waals surface area contributed by atoms with Crippen LogP contribution in [0, 0.1) is 0 Å². The minimum absolute atomic E-state index is 0.00342. The average molecular weight is 315 g/mol. The molecule has 0 radical (unpaired) electrons. The molecule has 0 aliphatic carbocycles. The predicted octanol–water partition coefficient (Wildman–Crippen LogP) is 2.73. The highest BCUT2D eigenvalue weighted by molar-refractivity contribution is 8.00. The normalized spacial score (nSPS) is 16.1. The molecule has 1 heterocycles. The Morgan fingerprint density at radius 1 is 1.09 bits per heavy atom. The Kier molecular flexibility index (Phi) is 4.85. The van der Waals surface area contributed by atoms with Crippen LogP contribution in [-0.4, -0.2) is 30.9 Å². The molecule has 3 rings (SSSR count). The Balaban J connectivity index is 1.42. The van der Waals surface area contributed by atoms with Gasteiger partial charge in [0.2, 0.25) is 5.91 Å². The number of benzene rings is 2. The number of ether oxygens (including phenoxy) is 2. The lowest BCUT2D eigenvalue weighted by Crippen LogP contribution is -2.41. The van der Waals surface area contributed by atoms with E-state index in [1.807, 2.05) is 54.6 Å². The molecule has 5 heteroatoms. The number of rotatable bonds is 5. The van der Waals surface area contributed by atoms with Gasteiger partial charge in [-0.1, -0.05) is 30.3 Å². The molecule has 0 saturated heterocycles. The van der Waals surface area contributed by atoms with Crippen LogP contribution in [0.15, 0.2) is 59.5 Å². The fraction of sp³-hybridized carbons (Fsp3) is 0.235. The first-order valence-corrected chi connectivity index (χ1v) is 8.13. The number of carbonyl (C=O) groups excluding carboxylic acids is 1. The van der Waals surface area contributed by atoms with E-state index in [9.17, 15) is 4.79 Å². The molecule has 22 heavy (non-hydrogen) atoms. The molecule has 114 valence electrons. The van der Waals surface area contributed by atoms with E-state index in [1.54, 1.807) is 0 Å². The van der Waals surface area contributed by atoms with Crippen LogP contribution < -0.4 is 14.8 Å². The zero-order chi connectivity index (χ0) is 15.2. The quantitative estimate of drug-likeness (QED) is 0.862. The second-order valence-corrected chi connectivity index (χ2v) is 5.95. The molecule has 0 unspecified atom stereocenters. The maximum atomic E-state index is 11.9. The lowest BCUT2D eigenvalue weighted by atomic mass is 10.2. The molecule has 0 saturated carbocycles. The van der Waals surface area contributed by atoms with E-state index in [0.29, 0.717) is 18.9 Å². The molecule has 1 amide bonds. The number of hydrogen-bond donors (Lipinski definition) is 1. The van der Waals surface area contributed by atoms with Gasteiger partial charge in [0.25, 0.3) is 0 Å². The third-order valence-corrected chi connectivity index (χ3v) is 4.22. The Hall–Kier alpha value is -2.14. The minimum atomic E-state index is -0.152. The number of hydrogen-bond acceptors (Lipinski definition) is 4. The van der Waals surface area contributed by atoms with Crippen molar-refractivity contribution >= 4 is 17.7 Å². The minimum Gasteiger partial charge on any atom is -0.486 e. The van der Waals surface area contributed by atoms with Crippen LogP contribution in [0.3, 0.4) is 0 Å². The number of nitrogens with one attached hydrogen (secondary N) is 1. The maximum Gasteiger partial charge on any atom is 0.230 e. The number of para-hydroxylation sites is 2. The Morgan fingerprint density at radius 2 is 1.82 bits per heavy atom. The molecule has 1 aliphatic rings. The summed E-state index contributed by atoms with van der Waals surface area (Å²) in [6, 6.07) is 17.4. The van der Waals surface area contributed by atoms with Crippen molar-refractivity contribution in [3.63, 3.8) is 0 Å². The first-order valence-electron chi connectivity index (χ1n) is 7.14. The third kappa shape index (κ3) is 3.95. The largest absolute Gasteiger partial charge is 0.486 e. The van der Waals surface area contributed by atoms with Gasteiger partial charge >= 0.3 is 0 Å². The summed E-state index contributed by atoms with van der Waals surface area (Å²) in [5.41, 5.74) is 0. The van der Waals surface area contributed by atoms with E-state index in [4.69, 9.17) is 9.47 Å². The molecular formula is C17H17NO3S. The Morgan fingerprint density at radius 3 is 2.64 bits per heavy atom. The van der Waals surface area contributed by atoms with Gasteiger partial charge in [-0.2, -0.15) is 0 Å². The van der Waals surface area contributed by atoms with E-state index in [2.05, 4.69) is 5.32 Å². The summed E-state index contributed by atoms with van der Waals surface area (Å²) < 4.78 is 11.4. The highest BCUT2D eigenvalue weighted by Crippen LogP contribution is 2.30. The van der Waals surface area contributed by atoms with Gasteiger partial charge in [0.05, 0.1) is 12.3 Å². The van der Waals surface area contributed by atoms with Gasteiger partial charge in [0.1, 0.15) is 12.7 Å². The van der Waals surface area contributed by atoms with Gasteiger partial charge in [-0.15, -0.1) is 11.8 Å². The van der Waals surface area contributed by atoms with Crippen LogP contribution in [0.5, 0.6) is 11.5 Å². The number of fused-ring (bicyclic) bond motifs is 1. The second-order valence-electron chi connectivity index (χ2n) is 4.90. The smallest absolute Gasteiger partial charge is 0.230 e. The van der Waals surface area contributed by atoms with Crippen LogP contribution in [0.4, 0.5) is 0 Å². The molecule has 1 aliphatic heterocycles. The summed E-state index contributed by atoms with van der Waals surface area (Å²) in [7, 11) is 0. The zero-order valence-electron chi connectivity index (χ0n) is 12.0. The molecule has 2 aromatic carbocycles. The summed E-state index contributed by atoms with van der Waals surface area (Å²) >= 11 is 1.52. The number of carbonyl (C=O) groups is 1. The predicted molar refractivity (Wildman–Crippen MR) is 86.5 cm³/mol. The van der Waals surface area contributed by atoms with Crippen LogP contribution in [-0.2, 0) is 4.79 Å². The van der Waals surface area contributed by atoms with Crippen LogP contribution >= 0.6 is 11.8 Å². The lowest BCUT2D eigenvalue weighted by molar-refractivity contribution is -0.119. The highest BCUT2D eigenvalue weighted by Gasteiger charge is 2.20. The van der Waals surface area contributed by atoms with Crippen LogP contribution in [0.2, 0.25) is 0 Å².